The lowest BCUT2D eigenvalue weighted by Gasteiger charge is -2.22. The van der Waals surface area contributed by atoms with Gasteiger partial charge in [-0.1, -0.05) is 12.1 Å². The monoisotopic (exact) mass is 344 g/mol. The lowest BCUT2D eigenvalue weighted by molar-refractivity contribution is -0.116. The molecule has 1 fully saturated rings. The minimum absolute atomic E-state index is 0.0755. The largest absolute Gasteiger partial charge is 0.326 e. The number of carbonyl (C=O) groups excluding carboxylic acids is 1. The van der Waals surface area contributed by atoms with Crippen LogP contribution in [-0.4, -0.2) is 19.0 Å². The van der Waals surface area contributed by atoms with E-state index in [0.29, 0.717) is 29.2 Å². The van der Waals surface area contributed by atoms with Crippen LogP contribution in [0.5, 0.6) is 0 Å². The average molecular weight is 344 g/mol. The molecule has 132 valence electrons. The van der Waals surface area contributed by atoms with Crippen molar-refractivity contribution in [1.82, 2.24) is 5.32 Å². The van der Waals surface area contributed by atoms with E-state index < -0.39 is 5.82 Å². The minimum atomic E-state index is -0.396. The van der Waals surface area contributed by atoms with E-state index in [1.54, 1.807) is 18.2 Å². The first-order chi connectivity index (χ1) is 12.1. The van der Waals surface area contributed by atoms with Crippen LogP contribution in [0.1, 0.15) is 25.7 Å². The zero-order valence-corrected chi connectivity index (χ0v) is 14.0. The fraction of sp³-hybridized carbons (Fsp3) is 0.350. The molecule has 3 rings (SSSR count). The Kier molecular flexibility index (Phi) is 5.76. The molecule has 1 aliphatic rings. The van der Waals surface area contributed by atoms with Crippen molar-refractivity contribution in [2.45, 2.75) is 25.7 Å². The summed E-state index contributed by atoms with van der Waals surface area (Å²) >= 11 is 0. The van der Waals surface area contributed by atoms with Crippen LogP contribution in [0.4, 0.5) is 14.5 Å². The Hall–Kier alpha value is -2.27. The van der Waals surface area contributed by atoms with Crippen LogP contribution >= 0.6 is 0 Å². The highest BCUT2D eigenvalue weighted by Gasteiger charge is 2.15. The molecule has 0 bridgehead atoms. The van der Waals surface area contributed by atoms with Crippen molar-refractivity contribution < 1.29 is 13.6 Å². The first kappa shape index (κ1) is 17.5. The highest BCUT2D eigenvalue weighted by molar-refractivity contribution is 5.95. The van der Waals surface area contributed by atoms with Gasteiger partial charge in [0.05, 0.1) is 0 Å². The first-order valence-electron chi connectivity index (χ1n) is 8.68. The second-order valence-electron chi connectivity index (χ2n) is 6.48. The lowest BCUT2D eigenvalue weighted by atomic mass is 9.93. The summed E-state index contributed by atoms with van der Waals surface area (Å²) in [5, 5.41) is 6.19. The Balaban J connectivity index is 1.69. The van der Waals surface area contributed by atoms with E-state index in [-0.39, 0.29) is 11.7 Å². The maximum Gasteiger partial charge on any atom is 0.224 e. The van der Waals surface area contributed by atoms with Crippen molar-refractivity contribution in [3.63, 3.8) is 0 Å². The Morgan fingerprint density at radius 3 is 2.44 bits per heavy atom. The van der Waals surface area contributed by atoms with Gasteiger partial charge in [0.15, 0.2) is 0 Å². The third-order valence-corrected chi connectivity index (χ3v) is 4.65. The number of amides is 1. The normalized spacial score (nSPS) is 15.1. The van der Waals surface area contributed by atoms with E-state index in [2.05, 4.69) is 10.6 Å². The van der Waals surface area contributed by atoms with E-state index >= 15 is 0 Å². The summed E-state index contributed by atoms with van der Waals surface area (Å²) < 4.78 is 26.8. The number of halogens is 2. The molecule has 0 radical (unpaired) electrons. The van der Waals surface area contributed by atoms with Crippen LogP contribution in [0.2, 0.25) is 0 Å². The Morgan fingerprint density at radius 1 is 1.04 bits per heavy atom. The van der Waals surface area contributed by atoms with Crippen molar-refractivity contribution in [3.8, 4) is 11.1 Å². The number of benzene rings is 2. The van der Waals surface area contributed by atoms with Gasteiger partial charge in [0, 0.05) is 17.7 Å². The van der Waals surface area contributed by atoms with Crippen molar-refractivity contribution in [2.24, 2.45) is 5.92 Å². The molecule has 5 heteroatoms. The molecule has 0 saturated carbocycles. The van der Waals surface area contributed by atoms with Gasteiger partial charge in [0.25, 0.3) is 0 Å². The number of carbonyl (C=O) groups is 1. The molecule has 0 aromatic heterocycles. The lowest BCUT2D eigenvalue weighted by Crippen LogP contribution is -2.28. The molecule has 1 amide bonds. The molecule has 0 spiro atoms. The van der Waals surface area contributed by atoms with Gasteiger partial charge >= 0.3 is 0 Å². The summed E-state index contributed by atoms with van der Waals surface area (Å²) in [6.07, 6.45) is 3.51. The van der Waals surface area contributed by atoms with Gasteiger partial charge in [-0.2, -0.15) is 0 Å². The van der Waals surface area contributed by atoms with E-state index in [4.69, 9.17) is 0 Å². The minimum Gasteiger partial charge on any atom is -0.326 e. The standard InChI is InChI=1S/C20H22F2N2O/c21-16-4-2-15(3-5-16)18-13-17(22)6-7-19(18)24-20(25)8-1-14-9-11-23-12-10-14/h2-7,13-14,23H,1,8-12H2,(H,24,25). The van der Waals surface area contributed by atoms with Crippen LogP contribution in [0, 0.1) is 17.6 Å². The maximum absolute atomic E-state index is 13.6. The third kappa shape index (κ3) is 4.86. The van der Waals surface area contributed by atoms with E-state index in [1.807, 2.05) is 0 Å². The van der Waals surface area contributed by atoms with Gasteiger partial charge in [-0.05, 0) is 74.2 Å². The molecule has 2 aromatic rings. The predicted octanol–water partition coefficient (Wildman–Crippen LogP) is 4.35. The Bertz CT molecular complexity index is 725. The summed E-state index contributed by atoms with van der Waals surface area (Å²) in [6.45, 7) is 2.03. The van der Waals surface area contributed by atoms with Crippen molar-refractivity contribution in [1.29, 1.82) is 0 Å². The van der Waals surface area contributed by atoms with E-state index in [1.165, 1.54) is 24.3 Å². The Morgan fingerprint density at radius 2 is 1.72 bits per heavy atom. The predicted molar refractivity (Wildman–Crippen MR) is 95.3 cm³/mol. The fourth-order valence-electron chi connectivity index (χ4n) is 3.21. The smallest absolute Gasteiger partial charge is 0.224 e. The molecule has 1 aliphatic heterocycles. The molecule has 3 nitrogen and oxygen atoms in total. The molecule has 0 atom stereocenters. The fourth-order valence-corrected chi connectivity index (χ4v) is 3.21. The van der Waals surface area contributed by atoms with Gasteiger partial charge in [-0.3, -0.25) is 4.79 Å². The summed E-state index contributed by atoms with van der Waals surface area (Å²) in [6, 6.07) is 10.0. The Labute approximate surface area is 146 Å². The number of hydrogen-bond donors (Lipinski definition) is 2. The average Bonchev–Trinajstić information content (AvgIpc) is 2.63. The van der Waals surface area contributed by atoms with Gasteiger partial charge in [-0.25, -0.2) is 8.78 Å². The molecule has 1 heterocycles. The topological polar surface area (TPSA) is 41.1 Å². The number of anilines is 1. The maximum atomic E-state index is 13.6. The molecule has 0 aliphatic carbocycles. The number of nitrogens with one attached hydrogen (secondary N) is 2. The van der Waals surface area contributed by atoms with Crippen molar-refractivity contribution in [3.05, 3.63) is 54.1 Å². The van der Waals surface area contributed by atoms with Crippen molar-refractivity contribution >= 4 is 11.6 Å². The molecule has 2 N–H and O–H groups in total. The summed E-state index contributed by atoms with van der Waals surface area (Å²) in [4.78, 5) is 12.3. The van der Waals surface area contributed by atoms with Gasteiger partial charge < -0.3 is 10.6 Å². The zero-order valence-electron chi connectivity index (χ0n) is 14.0. The molecule has 2 aromatic carbocycles. The molecule has 1 saturated heterocycles. The third-order valence-electron chi connectivity index (χ3n) is 4.65. The number of rotatable bonds is 5. The summed E-state index contributed by atoms with van der Waals surface area (Å²) in [5.74, 6) is -0.245. The quantitative estimate of drug-likeness (QED) is 0.847. The second kappa shape index (κ2) is 8.21. The molecule has 0 unspecified atom stereocenters. The molecular weight excluding hydrogens is 322 g/mol. The van der Waals surface area contributed by atoms with Crippen LogP contribution < -0.4 is 10.6 Å². The van der Waals surface area contributed by atoms with Gasteiger partial charge in [-0.15, -0.1) is 0 Å². The van der Waals surface area contributed by atoms with E-state index in [9.17, 15) is 13.6 Å². The van der Waals surface area contributed by atoms with Gasteiger partial charge in [0.1, 0.15) is 11.6 Å². The summed E-state index contributed by atoms with van der Waals surface area (Å²) in [5.41, 5.74) is 1.76. The highest BCUT2D eigenvalue weighted by atomic mass is 19.1. The number of hydrogen-bond acceptors (Lipinski definition) is 2. The highest BCUT2D eigenvalue weighted by Crippen LogP contribution is 2.29. The molecule has 25 heavy (non-hydrogen) atoms. The SMILES string of the molecule is O=C(CCC1CCNCC1)Nc1ccc(F)cc1-c1ccc(F)cc1. The second-order valence-corrected chi connectivity index (χ2v) is 6.48. The van der Waals surface area contributed by atoms with Crippen LogP contribution in [0.25, 0.3) is 11.1 Å². The van der Waals surface area contributed by atoms with Crippen LogP contribution in [-0.2, 0) is 4.79 Å². The van der Waals surface area contributed by atoms with E-state index in [0.717, 1.165) is 32.4 Å². The first-order valence-corrected chi connectivity index (χ1v) is 8.68. The zero-order chi connectivity index (χ0) is 17.6. The van der Waals surface area contributed by atoms with Crippen molar-refractivity contribution in [2.75, 3.05) is 18.4 Å². The van der Waals surface area contributed by atoms with Crippen LogP contribution in [0.15, 0.2) is 42.5 Å². The van der Waals surface area contributed by atoms with Gasteiger partial charge in [0.2, 0.25) is 5.91 Å². The molecular formula is C20H22F2N2O. The summed E-state index contributed by atoms with van der Waals surface area (Å²) in [7, 11) is 0. The number of piperidine rings is 1. The van der Waals surface area contributed by atoms with Crippen LogP contribution in [0.3, 0.4) is 0 Å².